The molecule has 2 aromatic heterocycles. The SMILES string of the molecule is Cc1ccc(N(c2ccc(C)cc2)c2ccc(-c3cnc(N=c4c(=O)c(=O)c5cc(C(F)(F)F)ccc45)c4nsnc34)cc2)cc1. The first-order chi connectivity index (χ1) is 22.1. The van der Waals surface area contributed by atoms with Gasteiger partial charge in [-0.1, -0.05) is 53.6 Å². The smallest absolute Gasteiger partial charge is 0.311 e. The molecule has 0 bridgehead atoms. The van der Waals surface area contributed by atoms with Crippen LogP contribution in [0.3, 0.4) is 0 Å². The van der Waals surface area contributed by atoms with E-state index in [4.69, 9.17) is 0 Å². The number of pyridine rings is 1. The van der Waals surface area contributed by atoms with E-state index in [9.17, 15) is 22.8 Å². The summed E-state index contributed by atoms with van der Waals surface area (Å²) in [7, 11) is 0. The van der Waals surface area contributed by atoms with Crippen LogP contribution in [0.15, 0.2) is 112 Å². The molecule has 0 saturated carbocycles. The lowest BCUT2D eigenvalue weighted by Crippen LogP contribution is -2.30. The van der Waals surface area contributed by atoms with Gasteiger partial charge in [0.05, 0.1) is 17.3 Å². The molecular formula is C35H22F3N5O2S. The topological polar surface area (TPSA) is 88.4 Å². The minimum atomic E-state index is -4.66. The van der Waals surface area contributed by atoms with Crippen LogP contribution in [-0.2, 0) is 6.18 Å². The van der Waals surface area contributed by atoms with Crippen molar-refractivity contribution in [1.29, 1.82) is 0 Å². The molecule has 2 heterocycles. The Morgan fingerprint density at radius 1 is 0.696 bits per heavy atom. The number of alkyl halides is 3. The number of benzene rings is 4. The molecule has 7 nitrogen and oxygen atoms in total. The van der Waals surface area contributed by atoms with E-state index < -0.39 is 22.6 Å². The monoisotopic (exact) mass is 633 g/mol. The minimum absolute atomic E-state index is 0.0208. The summed E-state index contributed by atoms with van der Waals surface area (Å²) < 4.78 is 48.5. The molecule has 0 aliphatic carbocycles. The van der Waals surface area contributed by atoms with Gasteiger partial charge in [-0.15, -0.1) is 0 Å². The second-order valence-electron chi connectivity index (χ2n) is 10.9. The summed E-state index contributed by atoms with van der Waals surface area (Å²) in [5.41, 5.74) is 4.51. The summed E-state index contributed by atoms with van der Waals surface area (Å²) in [5.74, 6) is 0.0398. The van der Waals surface area contributed by atoms with Crippen molar-refractivity contribution < 1.29 is 13.2 Å². The van der Waals surface area contributed by atoms with Crippen molar-refractivity contribution in [3.05, 3.63) is 140 Å². The van der Waals surface area contributed by atoms with Gasteiger partial charge in [0, 0.05) is 39.6 Å². The highest BCUT2D eigenvalue weighted by Gasteiger charge is 2.31. The Hall–Kier alpha value is -5.55. The largest absolute Gasteiger partial charge is 0.416 e. The molecule has 5 aromatic carbocycles. The summed E-state index contributed by atoms with van der Waals surface area (Å²) in [5, 5.41) is -0.597. The van der Waals surface area contributed by atoms with Crippen LogP contribution in [0, 0.1) is 13.8 Å². The van der Waals surface area contributed by atoms with Gasteiger partial charge in [-0.25, -0.2) is 9.98 Å². The molecule has 0 spiro atoms. The quantitative estimate of drug-likeness (QED) is 0.180. The zero-order valence-electron chi connectivity index (χ0n) is 24.3. The molecule has 7 aromatic rings. The first-order valence-corrected chi connectivity index (χ1v) is 14.9. The molecule has 0 amide bonds. The van der Waals surface area contributed by atoms with E-state index in [0.29, 0.717) is 22.7 Å². The van der Waals surface area contributed by atoms with E-state index in [0.717, 1.165) is 57.6 Å². The van der Waals surface area contributed by atoms with Crippen LogP contribution in [0.1, 0.15) is 16.7 Å². The van der Waals surface area contributed by atoms with Gasteiger partial charge in [0.15, 0.2) is 5.82 Å². The summed E-state index contributed by atoms with van der Waals surface area (Å²) in [6.07, 6.45) is -3.10. The van der Waals surface area contributed by atoms with Crippen molar-refractivity contribution in [2.24, 2.45) is 4.99 Å². The maximum absolute atomic E-state index is 13.2. The highest BCUT2D eigenvalue weighted by atomic mass is 32.1. The fourth-order valence-electron chi connectivity index (χ4n) is 5.36. The highest BCUT2D eigenvalue weighted by Crippen LogP contribution is 2.37. The molecule has 0 radical (unpaired) electrons. The molecule has 0 fully saturated rings. The lowest BCUT2D eigenvalue weighted by atomic mass is 10.0. The maximum Gasteiger partial charge on any atom is 0.416 e. The van der Waals surface area contributed by atoms with Gasteiger partial charge < -0.3 is 4.90 Å². The van der Waals surface area contributed by atoms with Crippen LogP contribution in [0.25, 0.3) is 32.9 Å². The third-order valence-electron chi connectivity index (χ3n) is 7.78. The summed E-state index contributed by atoms with van der Waals surface area (Å²) >= 11 is 0.936. The highest BCUT2D eigenvalue weighted by molar-refractivity contribution is 7.00. The van der Waals surface area contributed by atoms with Gasteiger partial charge in [0.2, 0.25) is 5.43 Å². The number of rotatable bonds is 5. The minimum Gasteiger partial charge on any atom is -0.311 e. The van der Waals surface area contributed by atoms with Crippen LogP contribution in [-0.4, -0.2) is 13.7 Å². The number of aryl methyl sites for hydroxylation is 2. The molecule has 226 valence electrons. The normalized spacial score (nSPS) is 12.3. The number of hydrogen-bond donors (Lipinski definition) is 0. The molecule has 0 atom stereocenters. The second kappa shape index (κ2) is 11.1. The van der Waals surface area contributed by atoms with Gasteiger partial charge in [-0.05, 0) is 67.9 Å². The lowest BCUT2D eigenvalue weighted by Gasteiger charge is -2.26. The van der Waals surface area contributed by atoms with Crippen molar-refractivity contribution in [3.8, 4) is 11.1 Å². The number of hydrogen-bond acceptors (Lipinski definition) is 8. The summed E-state index contributed by atoms with van der Waals surface area (Å²) in [6, 6.07) is 27.1. The fourth-order valence-corrected chi connectivity index (χ4v) is 5.92. The Morgan fingerprint density at radius 2 is 1.26 bits per heavy atom. The van der Waals surface area contributed by atoms with E-state index in [-0.39, 0.29) is 21.9 Å². The lowest BCUT2D eigenvalue weighted by molar-refractivity contribution is -0.137. The molecule has 46 heavy (non-hydrogen) atoms. The van der Waals surface area contributed by atoms with Crippen molar-refractivity contribution in [2.45, 2.75) is 20.0 Å². The Bertz CT molecular complexity index is 2370. The van der Waals surface area contributed by atoms with E-state index in [1.165, 1.54) is 0 Å². The number of aromatic nitrogens is 3. The van der Waals surface area contributed by atoms with E-state index in [2.05, 4.69) is 72.2 Å². The zero-order chi connectivity index (χ0) is 32.2. The predicted molar refractivity (Wildman–Crippen MR) is 174 cm³/mol. The molecular weight excluding hydrogens is 611 g/mol. The fraction of sp³-hybridized carbons (Fsp3) is 0.0857. The van der Waals surface area contributed by atoms with Gasteiger partial charge in [-0.2, -0.15) is 21.9 Å². The Labute approximate surface area is 263 Å². The van der Waals surface area contributed by atoms with Crippen molar-refractivity contribution in [1.82, 2.24) is 13.7 Å². The van der Waals surface area contributed by atoms with E-state index in [1.54, 1.807) is 6.20 Å². The van der Waals surface area contributed by atoms with E-state index >= 15 is 0 Å². The molecule has 0 aliphatic rings. The predicted octanol–water partition coefficient (Wildman–Crippen LogP) is 7.84. The van der Waals surface area contributed by atoms with Crippen LogP contribution in [0.2, 0.25) is 0 Å². The van der Waals surface area contributed by atoms with Crippen LogP contribution in [0.4, 0.5) is 36.1 Å². The third-order valence-corrected chi connectivity index (χ3v) is 8.31. The summed E-state index contributed by atoms with van der Waals surface area (Å²) in [4.78, 5) is 36.3. The van der Waals surface area contributed by atoms with Crippen molar-refractivity contribution >= 4 is 56.4 Å². The average molecular weight is 634 g/mol. The number of halogens is 3. The van der Waals surface area contributed by atoms with E-state index in [1.807, 2.05) is 38.1 Å². The molecule has 0 unspecified atom stereocenters. The first-order valence-electron chi connectivity index (χ1n) is 14.1. The van der Waals surface area contributed by atoms with Crippen LogP contribution in [0.5, 0.6) is 0 Å². The third kappa shape index (κ3) is 5.14. The number of anilines is 3. The van der Waals surface area contributed by atoms with Gasteiger partial charge in [-0.3, -0.25) is 9.59 Å². The first kappa shape index (κ1) is 29.2. The number of fused-ring (bicyclic) bond motifs is 2. The Kier molecular flexibility index (Phi) is 7.05. The summed E-state index contributed by atoms with van der Waals surface area (Å²) in [6.45, 7) is 4.09. The average Bonchev–Trinajstić information content (AvgIpc) is 3.63. The molecule has 0 saturated heterocycles. The van der Waals surface area contributed by atoms with Crippen LogP contribution < -0.4 is 21.1 Å². The molecule has 11 heteroatoms. The Balaban J connectivity index is 1.29. The second-order valence-corrected chi connectivity index (χ2v) is 11.4. The zero-order valence-corrected chi connectivity index (χ0v) is 25.1. The molecule has 0 N–H and O–H groups in total. The van der Waals surface area contributed by atoms with Crippen molar-refractivity contribution in [3.63, 3.8) is 0 Å². The number of nitrogens with zero attached hydrogens (tertiary/aromatic N) is 5. The standard InChI is InChI=1S/C35H22F3N5O2S/c1-19-3-10-23(11-4-19)43(24-12-5-20(2)6-13-24)25-14-7-21(8-15-25)28-18-39-34(31-29(28)41-46-42-31)40-30-26-16-9-22(35(36,37)38)17-27(26)32(44)33(30)45/h3-18H,1-2H3. The van der Waals surface area contributed by atoms with Gasteiger partial charge in [0.1, 0.15) is 16.4 Å². The molecule has 7 rings (SSSR count). The molecule has 0 aliphatic heterocycles. The Morgan fingerprint density at radius 3 is 1.85 bits per heavy atom. The van der Waals surface area contributed by atoms with Crippen LogP contribution >= 0.6 is 11.7 Å². The maximum atomic E-state index is 13.2. The van der Waals surface area contributed by atoms with Gasteiger partial charge in [0.25, 0.3) is 5.43 Å². The van der Waals surface area contributed by atoms with Crippen molar-refractivity contribution in [2.75, 3.05) is 4.90 Å². The van der Waals surface area contributed by atoms with Gasteiger partial charge >= 0.3 is 6.18 Å².